The molecule has 1 aromatic heterocycles. The van der Waals surface area contributed by atoms with E-state index in [0.717, 1.165) is 5.56 Å². The molecule has 0 aliphatic heterocycles. The molecule has 1 heterocycles. The SMILES string of the molecule is COCCC(Nc1ccccc1)c1cc(OC)c2[nH]c(-c3ccc(C(C)C)cc3)nc2c1C(F)(F)F. The highest BCUT2D eigenvalue weighted by molar-refractivity contribution is 5.89. The lowest BCUT2D eigenvalue weighted by atomic mass is 9.95. The first-order valence-electron chi connectivity index (χ1n) is 11.8. The van der Waals surface area contributed by atoms with Gasteiger partial charge >= 0.3 is 6.18 Å². The summed E-state index contributed by atoms with van der Waals surface area (Å²) in [6, 6.07) is 17.6. The van der Waals surface area contributed by atoms with Crippen LogP contribution >= 0.6 is 0 Å². The quantitative estimate of drug-likeness (QED) is 0.250. The molecule has 4 rings (SSSR count). The Balaban J connectivity index is 1.90. The fourth-order valence-corrected chi connectivity index (χ4v) is 4.33. The summed E-state index contributed by atoms with van der Waals surface area (Å²) < 4.78 is 54.7. The van der Waals surface area contributed by atoms with Gasteiger partial charge in [0.25, 0.3) is 0 Å². The molecule has 0 bridgehead atoms. The van der Waals surface area contributed by atoms with Crippen LogP contribution < -0.4 is 10.1 Å². The molecule has 1 unspecified atom stereocenters. The van der Waals surface area contributed by atoms with Gasteiger partial charge in [-0.15, -0.1) is 0 Å². The number of halogens is 3. The van der Waals surface area contributed by atoms with Crippen molar-refractivity contribution in [2.45, 2.75) is 38.4 Å². The summed E-state index contributed by atoms with van der Waals surface area (Å²) in [5.41, 5.74) is 1.85. The van der Waals surface area contributed by atoms with E-state index in [1.54, 1.807) is 0 Å². The van der Waals surface area contributed by atoms with Gasteiger partial charge in [0.05, 0.1) is 18.7 Å². The number of anilines is 1. The molecule has 36 heavy (non-hydrogen) atoms. The van der Waals surface area contributed by atoms with E-state index in [1.807, 2.05) is 54.6 Å². The number of hydrogen-bond donors (Lipinski definition) is 2. The van der Waals surface area contributed by atoms with Crippen LogP contribution in [0.2, 0.25) is 0 Å². The summed E-state index contributed by atoms with van der Waals surface area (Å²) >= 11 is 0. The van der Waals surface area contributed by atoms with Crippen molar-refractivity contribution in [3.63, 3.8) is 0 Å². The monoisotopic (exact) mass is 497 g/mol. The van der Waals surface area contributed by atoms with Crippen molar-refractivity contribution in [3.8, 4) is 17.1 Å². The molecule has 0 saturated heterocycles. The van der Waals surface area contributed by atoms with Crippen molar-refractivity contribution in [1.29, 1.82) is 0 Å². The largest absolute Gasteiger partial charge is 0.494 e. The predicted molar refractivity (Wildman–Crippen MR) is 136 cm³/mol. The summed E-state index contributed by atoms with van der Waals surface area (Å²) in [5, 5.41) is 3.24. The molecule has 8 heteroatoms. The Bertz CT molecular complexity index is 1300. The molecule has 0 amide bonds. The van der Waals surface area contributed by atoms with Crippen LogP contribution in [-0.4, -0.2) is 30.8 Å². The third-order valence-corrected chi connectivity index (χ3v) is 6.22. The minimum Gasteiger partial charge on any atom is -0.494 e. The number of imidazole rings is 1. The second-order valence-electron chi connectivity index (χ2n) is 8.97. The Morgan fingerprint density at radius 2 is 1.69 bits per heavy atom. The van der Waals surface area contributed by atoms with Crippen molar-refractivity contribution in [1.82, 2.24) is 9.97 Å². The van der Waals surface area contributed by atoms with E-state index < -0.39 is 17.8 Å². The summed E-state index contributed by atoms with van der Waals surface area (Å²) in [5.74, 6) is 0.990. The van der Waals surface area contributed by atoms with Crippen molar-refractivity contribution in [3.05, 3.63) is 77.4 Å². The number of H-pyrrole nitrogens is 1. The van der Waals surface area contributed by atoms with Crippen LogP contribution in [0.5, 0.6) is 5.75 Å². The number of nitrogens with one attached hydrogen (secondary N) is 2. The molecule has 0 fully saturated rings. The van der Waals surface area contributed by atoms with E-state index in [4.69, 9.17) is 9.47 Å². The smallest absolute Gasteiger partial charge is 0.418 e. The fraction of sp³-hybridized carbons (Fsp3) is 0.321. The number of para-hydroxylation sites is 1. The maximum Gasteiger partial charge on any atom is 0.418 e. The zero-order valence-corrected chi connectivity index (χ0v) is 20.7. The lowest BCUT2D eigenvalue weighted by molar-refractivity contribution is -0.137. The Kier molecular flexibility index (Phi) is 7.54. The van der Waals surface area contributed by atoms with E-state index in [2.05, 4.69) is 29.1 Å². The molecule has 0 spiro atoms. The van der Waals surface area contributed by atoms with Crippen molar-refractivity contribution < 1.29 is 22.6 Å². The first-order chi connectivity index (χ1) is 17.2. The number of alkyl halides is 3. The van der Waals surface area contributed by atoms with Crippen LogP contribution in [-0.2, 0) is 10.9 Å². The molecule has 3 aromatic carbocycles. The van der Waals surface area contributed by atoms with Gasteiger partial charge in [0, 0.05) is 25.0 Å². The number of fused-ring (bicyclic) bond motifs is 1. The van der Waals surface area contributed by atoms with Crippen LogP contribution in [0.4, 0.5) is 18.9 Å². The molecular weight excluding hydrogens is 467 g/mol. The van der Waals surface area contributed by atoms with Crippen LogP contribution in [0.25, 0.3) is 22.4 Å². The minimum absolute atomic E-state index is 0.0564. The van der Waals surface area contributed by atoms with Gasteiger partial charge in [-0.1, -0.05) is 56.3 Å². The lowest BCUT2D eigenvalue weighted by Gasteiger charge is -2.25. The normalized spacial score (nSPS) is 12.8. The lowest BCUT2D eigenvalue weighted by Crippen LogP contribution is -2.19. The highest BCUT2D eigenvalue weighted by atomic mass is 19.4. The van der Waals surface area contributed by atoms with E-state index in [9.17, 15) is 13.2 Å². The standard InChI is InChI=1S/C28H30F3N3O2/c1-17(2)18-10-12-19(13-11-18)27-33-25-23(36-4)16-21(24(26(25)34-27)28(29,30)31)22(14-15-35-3)32-20-8-6-5-7-9-20/h5-13,16-17,22,32H,14-15H2,1-4H3,(H,33,34). The Morgan fingerprint density at radius 1 is 1.00 bits per heavy atom. The maximum atomic E-state index is 14.6. The first kappa shape index (κ1) is 25.6. The van der Waals surface area contributed by atoms with Gasteiger partial charge in [-0.2, -0.15) is 13.2 Å². The van der Waals surface area contributed by atoms with E-state index >= 15 is 0 Å². The molecule has 0 radical (unpaired) electrons. The van der Waals surface area contributed by atoms with Gasteiger partial charge in [-0.3, -0.25) is 0 Å². The summed E-state index contributed by atoms with van der Waals surface area (Å²) in [4.78, 5) is 7.52. The molecule has 1 atom stereocenters. The number of ether oxygens (including phenoxy) is 2. The van der Waals surface area contributed by atoms with Crippen LogP contribution in [0, 0.1) is 0 Å². The maximum absolute atomic E-state index is 14.6. The zero-order valence-electron chi connectivity index (χ0n) is 20.7. The summed E-state index contributed by atoms with van der Waals surface area (Å²) in [7, 11) is 2.97. The molecule has 190 valence electrons. The Hall–Kier alpha value is -3.52. The number of methoxy groups -OCH3 is 2. The average Bonchev–Trinajstić information content (AvgIpc) is 3.30. The van der Waals surface area contributed by atoms with Gasteiger partial charge in [-0.25, -0.2) is 4.98 Å². The predicted octanol–water partition coefficient (Wildman–Crippen LogP) is 7.57. The van der Waals surface area contributed by atoms with Crippen molar-refractivity contribution in [2.24, 2.45) is 0 Å². The van der Waals surface area contributed by atoms with E-state index in [-0.39, 0.29) is 23.2 Å². The molecule has 2 N–H and O–H groups in total. The molecule has 0 aliphatic carbocycles. The van der Waals surface area contributed by atoms with Gasteiger partial charge in [-0.05, 0) is 41.7 Å². The minimum atomic E-state index is -4.64. The number of aromatic nitrogens is 2. The Labute approximate surface area is 208 Å². The van der Waals surface area contributed by atoms with Crippen molar-refractivity contribution >= 4 is 16.7 Å². The number of benzene rings is 3. The van der Waals surface area contributed by atoms with E-state index in [1.165, 1.54) is 20.3 Å². The Morgan fingerprint density at radius 3 is 2.28 bits per heavy atom. The molecule has 4 aromatic rings. The topological polar surface area (TPSA) is 59.2 Å². The number of nitrogens with zero attached hydrogens (tertiary/aromatic N) is 1. The molecular formula is C28H30F3N3O2. The zero-order chi connectivity index (χ0) is 25.9. The van der Waals surface area contributed by atoms with Crippen LogP contribution in [0.15, 0.2) is 60.7 Å². The molecule has 5 nitrogen and oxygen atoms in total. The number of aromatic amines is 1. The van der Waals surface area contributed by atoms with Crippen LogP contribution in [0.3, 0.4) is 0 Å². The van der Waals surface area contributed by atoms with Gasteiger partial charge in [0.2, 0.25) is 0 Å². The van der Waals surface area contributed by atoms with Crippen molar-refractivity contribution in [2.75, 3.05) is 26.1 Å². The molecule has 0 aliphatic rings. The average molecular weight is 498 g/mol. The summed E-state index contributed by atoms with van der Waals surface area (Å²) in [6.07, 6.45) is -4.32. The molecule has 0 saturated carbocycles. The van der Waals surface area contributed by atoms with Gasteiger partial charge < -0.3 is 19.8 Å². The fourth-order valence-electron chi connectivity index (χ4n) is 4.33. The van der Waals surface area contributed by atoms with Crippen LogP contribution in [0.1, 0.15) is 48.9 Å². The number of rotatable bonds is 9. The highest BCUT2D eigenvalue weighted by Crippen LogP contribution is 2.44. The van der Waals surface area contributed by atoms with E-state index in [0.29, 0.717) is 35.2 Å². The van der Waals surface area contributed by atoms with Gasteiger partial charge in [0.1, 0.15) is 22.6 Å². The third-order valence-electron chi connectivity index (χ3n) is 6.22. The second-order valence-corrected chi connectivity index (χ2v) is 8.97. The highest BCUT2D eigenvalue weighted by Gasteiger charge is 2.40. The first-order valence-corrected chi connectivity index (χ1v) is 11.8. The number of hydrogen-bond acceptors (Lipinski definition) is 4. The second kappa shape index (κ2) is 10.6. The van der Waals surface area contributed by atoms with Gasteiger partial charge in [0.15, 0.2) is 0 Å². The third kappa shape index (κ3) is 5.33. The summed E-state index contributed by atoms with van der Waals surface area (Å²) in [6.45, 7) is 4.44.